The predicted octanol–water partition coefficient (Wildman–Crippen LogP) is 2.91. The van der Waals surface area contributed by atoms with Gasteiger partial charge < -0.3 is 10.2 Å². The maximum Gasteiger partial charge on any atom is 0.0521 e. The van der Waals surface area contributed by atoms with Crippen molar-refractivity contribution in [2.24, 2.45) is 9.98 Å². The molecule has 0 saturated carbocycles. The van der Waals surface area contributed by atoms with Gasteiger partial charge in [-0.1, -0.05) is 6.08 Å². The first-order chi connectivity index (χ1) is 10.0. The lowest BCUT2D eigenvalue weighted by Gasteiger charge is -2.23. The maximum absolute atomic E-state index is 4.60. The molecule has 1 heterocycles. The number of hydrogen-bond acceptors (Lipinski definition) is 4. The van der Waals surface area contributed by atoms with Crippen LogP contribution in [0.2, 0.25) is 0 Å². The first-order valence-electron chi connectivity index (χ1n) is 8.19. The second-order valence-corrected chi connectivity index (χ2v) is 6.19. The molecule has 0 aromatic heterocycles. The van der Waals surface area contributed by atoms with E-state index in [1.165, 1.54) is 18.5 Å². The normalized spacial score (nSPS) is 24.7. The van der Waals surface area contributed by atoms with E-state index in [1.54, 1.807) is 0 Å². The summed E-state index contributed by atoms with van der Waals surface area (Å²) in [5.41, 5.74) is 1.39. The molecule has 0 atom stereocenters. The van der Waals surface area contributed by atoms with Gasteiger partial charge in [0.15, 0.2) is 0 Å². The fourth-order valence-corrected chi connectivity index (χ4v) is 2.34. The summed E-state index contributed by atoms with van der Waals surface area (Å²) >= 11 is 0. The third-order valence-corrected chi connectivity index (χ3v) is 3.66. The van der Waals surface area contributed by atoms with E-state index in [0.29, 0.717) is 0 Å². The van der Waals surface area contributed by atoms with Crippen molar-refractivity contribution in [1.29, 1.82) is 0 Å². The van der Waals surface area contributed by atoms with Gasteiger partial charge in [-0.05, 0) is 46.6 Å². The quantitative estimate of drug-likeness (QED) is 0.809. The molecule has 0 saturated heterocycles. The molecule has 0 bridgehead atoms. The van der Waals surface area contributed by atoms with Gasteiger partial charge in [0.1, 0.15) is 0 Å². The lowest BCUT2D eigenvalue weighted by atomic mass is 10.1. The monoisotopic (exact) mass is 292 g/mol. The van der Waals surface area contributed by atoms with Crippen molar-refractivity contribution < 1.29 is 0 Å². The Hall–Kier alpha value is -1.16. The van der Waals surface area contributed by atoms with Crippen molar-refractivity contribution in [2.75, 3.05) is 33.2 Å². The molecule has 0 fully saturated rings. The van der Waals surface area contributed by atoms with Crippen LogP contribution in [0.25, 0.3) is 0 Å². The first kappa shape index (κ1) is 17.9. The Morgan fingerprint density at radius 3 is 3.00 bits per heavy atom. The molecule has 4 heteroatoms. The van der Waals surface area contributed by atoms with E-state index < -0.39 is 0 Å². The number of hydrogen-bond donors (Lipinski definition) is 1. The standard InChI is InChI=1S/C17H32N4/c1-5-18-13-14-21(4)16-9-7-6-8-11-20-17(2,3)15-19-12-10-16/h9,13,15,20H,5-8,10-12,14H2,1-4H3/b16-9+,18-13?,19-15-. The smallest absolute Gasteiger partial charge is 0.0521 e. The lowest BCUT2D eigenvalue weighted by molar-refractivity contribution is 0.453. The van der Waals surface area contributed by atoms with Crippen molar-refractivity contribution in [2.45, 2.75) is 52.0 Å². The largest absolute Gasteiger partial charge is 0.373 e. The van der Waals surface area contributed by atoms with Gasteiger partial charge in [-0.2, -0.15) is 0 Å². The summed E-state index contributed by atoms with van der Waals surface area (Å²) in [7, 11) is 2.15. The molecule has 0 aromatic carbocycles. The molecule has 1 aliphatic rings. The van der Waals surface area contributed by atoms with E-state index in [-0.39, 0.29) is 5.54 Å². The van der Waals surface area contributed by atoms with Crippen LogP contribution >= 0.6 is 0 Å². The van der Waals surface area contributed by atoms with Crippen molar-refractivity contribution >= 4 is 12.4 Å². The molecule has 4 nitrogen and oxygen atoms in total. The molecule has 120 valence electrons. The molecule has 1 aliphatic heterocycles. The van der Waals surface area contributed by atoms with E-state index in [0.717, 1.165) is 39.0 Å². The van der Waals surface area contributed by atoms with Gasteiger partial charge in [-0.15, -0.1) is 0 Å². The van der Waals surface area contributed by atoms with Crippen LogP contribution in [0.4, 0.5) is 0 Å². The van der Waals surface area contributed by atoms with Crippen LogP contribution in [0, 0.1) is 0 Å². The summed E-state index contributed by atoms with van der Waals surface area (Å²) < 4.78 is 0. The first-order valence-corrected chi connectivity index (χ1v) is 8.19. The topological polar surface area (TPSA) is 40.0 Å². The van der Waals surface area contributed by atoms with Crippen molar-refractivity contribution in [1.82, 2.24) is 10.2 Å². The third-order valence-electron chi connectivity index (χ3n) is 3.66. The van der Waals surface area contributed by atoms with Crippen LogP contribution < -0.4 is 5.32 Å². The highest BCUT2D eigenvalue weighted by Gasteiger charge is 2.13. The summed E-state index contributed by atoms with van der Waals surface area (Å²) in [5.74, 6) is 0. The molecule has 0 spiro atoms. The lowest BCUT2D eigenvalue weighted by Crippen LogP contribution is -2.41. The Kier molecular flexibility index (Phi) is 8.28. The average Bonchev–Trinajstić information content (AvgIpc) is 2.43. The van der Waals surface area contributed by atoms with E-state index in [2.05, 4.69) is 60.3 Å². The zero-order valence-corrected chi connectivity index (χ0v) is 14.2. The zero-order chi connectivity index (χ0) is 15.6. The number of allylic oxidation sites excluding steroid dienone is 1. The van der Waals surface area contributed by atoms with Crippen molar-refractivity contribution in [3.63, 3.8) is 0 Å². The molecule has 21 heavy (non-hydrogen) atoms. The predicted molar refractivity (Wildman–Crippen MR) is 93.7 cm³/mol. The summed E-state index contributed by atoms with van der Waals surface area (Å²) in [6.07, 6.45) is 11.0. The Balaban J connectivity index is 2.63. The molecule has 0 aliphatic carbocycles. The van der Waals surface area contributed by atoms with Gasteiger partial charge in [0.25, 0.3) is 0 Å². The SMILES string of the molecule is CCN=CCN(C)/C1=C/CCCCNC(C)(C)/C=N\CC1. The Morgan fingerprint density at radius 2 is 2.24 bits per heavy atom. The second kappa shape index (κ2) is 9.72. The molecular formula is C17H32N4. The second-order valence-electron chi connectivity index (χ2n) is 6.19. The van der Waals surface area contributed by atoms with Gasteiger partial charge in [0, 0.05) is 50.2 Å². The molecule has 1 N–H and O–H groups in total. The van der Waals surface area contributed by atoms with Gasteiger partial charge in [0.05, 0.1) is 6.54 Å². The molecule has 0 unspecified atom stereocenters. The van der Waals surface area contributed by atoms with Gasteiger partial charge in [-0.3, -0.25) is 9.98 Å². The fraction of sp³-hybridized carbons (Fsp3) is 0.765. The molecule has 0 radical (unpaired) electrons. The minimum atomic E-state index is 0.00274. The van der Waals surface area contributed by atoms with Crippen LogP contribution in [0.5, 0.6) is 0 Å². The molecular weight excluding hydrogens is 260 g/mol. The van der Waals surface area contributed by atoms with Gasteiger partial charge in [0.2, 0.25) is 0 Å². The molecule has 0 aromatic rings. The summed E-state index contributed by atoms with van der Waals surface area (Å²) in [6, 6.07) is 0. The number of nitrogens with zero attached hydrogens (tertiary/aromatic N) is 3. The maximum atomic E-state index is 4.60. The Morgan fingerprint density at radius 1 is 1.43 bits per heavy atom. The number of nitrogens with one attached hydrogen (secondary N) is 1. The van der Waals surface area contributed by atoms with Crippen LogP contribution in [-0.4, -0.2) is 56.1 Å². The highest BCUT2D eigenvalue weighted by atomic mass is 15.1. The van der Waals surface area contributed by atoms with E-state index >= 15 is 0 Å². The van der Waals surface area contributed by atoms with Crippen LogP contribution in [-0.2, 0) is 0 Å². The van der Waals surface area contributed by atoms with Crippen molar-refractivity contribution in [3.05, 3.63) is 11.8 Å². The van der Waals surface area contributed by atoms with E-state index in [9.17, 15) is 0 Å². The van der Waals surface area contributed by atoms with Crippen molar-refractivity contribution in [3.8, 4) is 0 Å². The Labute approximate surface area is 130 Å². The molecule has 0 amide bonds. The fourth-order valence-electron chi connectivity index (χ4n) is 2.34. The minimum Gasteiger partial charge on any atom is -0.373 e. The van der Waals surface area contributed by atoms with Gasteiger partial charge >= 0.3 is 0 Å². The zero-order valence-electron chi connectivity index (χ0n) is 14.2. The summed E-state index contributed by atoms with van der Waals surface area (Å²) in [6.45, 7) is 10.1. The number of rotatable bonds is 4. The summed E-state index contributed by atoms with van der Waals surface area (Å²) in [4.78, 5) is 11.2. The van der Waals surface area contributed by atoms with E-state index in [4.69, 9.17) is 0 Å². The van der Waals surface area contributed by atoms with Gasteiger partial charge in [-0.25, -0.2) is 0 Å². The number of aliphatic imine (C=N–C) groups is 2. The molecule has 1 rings (SSSR count). The Bertz CT molecular complexity index is 369. The minimum absolute atomic E-state index is 0.00274. The van der Waals surface area contributed by atoms with Crippen LogP contribution in [0.15, 0.2) is 21.8 Å². The third kappa shape index (κ3) is 8.00. The van der Waals surface area contributed by atoms with Crippen LogP contribution in [0.3, 0.4) is 0 Å². The van der Waals surface area contributed by atoms with Crippen LogP contribution in [0.1, 0.15) is 46.5 Å². The van der Waals surface area contributed by atoms with E-state index in [1.807, 2.05) is 6.21 Å². The highest BCUT2D eigenvalue weighted by Crippen LogP contribution is 2.11. The highest BCUT2D eigenvalue weighted by molar-refractivity contribution is 5.68. The summed E-state index contributed by atoms with van der Waals surface area (Å²) in [5, 5.41) is 3.55. The average molecular weight is 292 g/mol.